The number of halogens is 2. The van der Waals surface area contributed by atoms with Crippen LogP contribution < -0.4 is 0 Å². The van der Waals surface area contributed by atoms with Gasteiger partial charge < -0.3 is 5.11 Å². The van der Waals surface area contributed by atoms with Crippen molar-refractivity contribution in [3.63, 3.8) is 0 Å². The van der Waals surface area contributed by atoms with Crippen LogP contribution in [0.3, 0.4) is 0 Å². The summed E-state index contributed by atoms with van der Waals surface area (Å²) in [4.78, 5) is 11.2. The molecule has 2 aromatic rings. The van der Waals surface area contributed by atoms with Crippen LogP contribution >= 0.6 is 0 Å². The van der Waals surface area contributed by atoms with E-state index in [1.807, 2.05) is 30.3 Å². The maximum absolute atomic E-state index is 13.4. The van der Waals surface area contributed by atoms with Gasteiger partial charge in [0.25, 0.3) is 5.92 Å². The molecule has 0 aliphatic heterocycles. The first kappa shape index (κ1) is 12.8. The fraction of sp³-hybridized carbons (Fsp3) is 0.188. The van der Waals surface area contributed by atoms with Crippen LogP contribution in [0, 0.1) is 0 Å². The second-order valence-electron chi connectivity index (χ2n) is 5.04. The third-order valence-corrected chi connectivity index (χ3v) is 3.84. The molecule has 1 aliphatic carbocycles. The Hall–Kier alpha value is -2.23. The van der Waals surface area contributed by atoms with Gasteiger partial charge in [-0.15, -0.1) is 0 Å². The van der Waals surface area contributed by atoms with Crippen molar-refractivity contribution in [3.05, 3.63) is 60.2 Å². The summed E-state index contributed by atoms with van der Waals surface area (Å²) >= 11 is 0. The van der Waals surface area contributed by atoms with Gasteiger partial charge in [-0.3, -0.25) is 4.79 Å². The molecule has 1 atom stereocenters. The highest BCUT2D eigenvalue weighted by Gasteiger charge is 2.77. The molecule has 2 aromatic carbocycles. The summed E-state index contributed by atoms with van der Waals surface area (Å²) in [6, 6.07) is 15.8. The van der Waals surface area contributed by atoms with Crippen LogP contribution in [0.1, 0.15) is 12.0 Å². The molecule has 0 saturated heterocycles. The third-order valence-electron chi connectivity index (χ3n) is 3.84. The molecule has 20 heavy (non-hydrogen) atoms. The zero-order chi connectivity index (χ0) is 14.4. The number of hydrogen-bond acceptors (Lipinski definition) is 1. The first-order chi connectivity index (χ1) is 9.47. The van der Waals surface area contributed by atoms with E-state index in [4.69, 9.17) is 5.11 Å². The average Bonchev–Trinajstić information content (AvgIpc) is 3.05. The SMILES string of the molecule is O=C(O)C1(c2ccc(-c3ccccc3)cc2)CC1(F)F. The van der Waals surface area contributed by atoms with E-state index in [0.717, 1.165) is 11.1 Å². The van der Waals surface area contributed by atoms with Crippen LogP contribution in [-0.4, -0.2) is 17.0 Å². The minimum atomic E-state index is -3.16. The van der Waals surface area contributed by atoms with E-state index in [9.17, 15) is 13.6 Å². The third kappa shape index (κ3) is 1.72. The predicted octanol–water partition coefficient (Wildman–Crippen LogP) is 3.72. The van der Waals surface area contributed by atoms with Crippen LogP contribution in [0.4, 0.5) is 8.78 Å². The molecular formula is C16H12F2O2. The van der Waals surface area contributed by atoms with Crippen molar-refractivity contribution in [1.29, 1.82) is 0 Å². The highest BCUT2D eigenvalue weighted by molar-refractivity contribution is 5.88. The molecule has 1 unspecified atom stereocenters. The molecule has 2 nitrogen and oxygen atoms in total. The lowest BCUT2D eigenvalue weighted by Crippen LogP contribution is -2.26. The van der Waals surface area contributed by atoms with Gasteiger partial charge in [-0.25, -0.2) is 8.78 Å². The Labute approximate surface area is 114 Å². The molecule has 0 radical (unpaired) electrons. The van der Waals surface area contributed by atoms with E-state index in [2.05, 4.69) is 0 Å². The second-order valence-corrected chi connectivity index (χ2v) is 5.04. The highest BCUT2D eigenvalue weighted by atomic mass is 19.3. The van der Waals surface area contributed by atoms with Gasteiger partial charge in [-0.2, -0.15) is 0 Å². The van der Waals surface area contributed by atoms with E-state index in [0.29, 0.717) is 0 Å². The highest BCUT2D eigenvalue weighted by Crippen LogP contribution is 2.61. The van der Waals surface area contributed by atoms with Gasteiger partial charge in [0.1, 0.15) is 0 Å². The Bertz CT molecular complexity index is 650. The van der Waals surface area contributed by atoms with E-state index in [-0.39, 0.29) is 5.56 Å². The maximum atomic E-state index is 13.4. The number of rotatable bonds is 3. The van der Waals surface area contributed by atoms with Gasteiger partial charge in [0.2, 0.25) is 0 Å². The lowest BCUT2D eigenvalue weighted by molar-refractivity contribution is -0.142. The van der Waals surface area contributed by atoms with E-state index < -0.39 is 23.7 Å². The molecule has 1 saturated carbocycles. The Kier molecular flexibility index (Phi) is 2.64. The van der Waals surface area contributed by atoms with Crippen molar-refractivity contribution in [3.8, 4) is 11.1 Å². The fourth-order valence-electron chi connectivity index (χ4n) is 2.54. The summed E-state index contributed by atoms with van der Waals surface area (Å²) in [5, 5.41) is 9.10. The lowest BCUT2D eigenvalue weighted by Gasteiger charge is -2.12. The Morgan fingerprint density at radius 2 is 1.45 bits per heavy atom. The molecule has 0 amide bonds. The molecule has 3 rings (SSSR count). The largest absolute Gasteiger partial charge is 0.480 e. The van der Waals surface area contributed by atoms with Gasteiger partial charge in [-0.05, 0) is 16.7 Å². The Morgan fingerprint density at radius 1 is 0.950 bits per heavy atom. The zero-order valence-electron chi connectivity index (χ0n) is 10.5. The lowest BCUT2D eigenvalue weighted by atomic mass is 9.93. The molecule has 4 heteroatoms. The molecule has 0 bridgehead atoms. The quantitative estimate of drug-likeness (QED) is 0.926. The van der Waals surface area contributed by atoms with E-state index in [1.165, 1.54) is 12.1 Å². The van der Waals surface area contributed by atoms with Crippen LogP contribution in [0.15, 0.2) is 54.6 Å². The summed E-state index contributed by atoms with van der Waals surface area (Å²) in [5.41, 5.74) is -0.0399. The standard InChI is InChI=1S/C16H12F2O2/c17-16(18)10-15(16,14(19)20)13-8-6-12(7-9-13)11-4-2-1-3-5-11/h1-9H,10H2,(H,19,20). The topological polar surface area (TPSA) is 37.3 Å². The number of aliphatic carboxylic acids is 1. The van der Waals surface area contributed by atoms with Crippen LogP contribution in [-0.2, 0) is 10.2 Å². The predicted molar refractivity (Wildman–Crippen MR) is 70.8 cm³/mol. The van der Waals surface area contributed by atoms with Crippen molar-refractivity contribution in [2.45, 2.75) is 17.8 Å². The average molecular weight is 274 g/mol. The number of carboxylic acid groups (broad SMARTS) is 1. The Morgan fingerprint density at radius 3 is 1.90 bits per heavy atom. The van der Waals surface area contributed by atoms with Gasteiger partial charge >= 0.3 is 5.97 Å². The van der Waals surface area contributed by atoms with Crippen LogP contribution in [0.2, 0.25) is 0 Å². The molecule has 0 spiro atoms. The second kappa shape index (κ2) is 4.13. The minimum absolute atomic E-state index is 0.162. The molecule has 1 aliphatic rings. The summed E-state index contributed by atoms with van der Waals surface area (Å²) in [6.45, 7) is 0. The number of carboxylic acids is 1. The molecular weight excluding hydrogens is 262 g/mol. The number of carbonyl (C=O) groups is 1. The number of hydrogen-bond donors (Lipinski definition) is 1. The van der Waals surface area contributed by atoms with Crippen molar-refractivity contribution in [1.82, 2.24) is 0 Å². The minimum Gasteiger partial charge on any atom is -0.480 e. The van der Waals surface area contributed by atoms with Gasteiger partial charge in [0.15, 0.2) is 5.41 Å². The smallest absolute Gasteiger partial charge is 0.320 e. The van der Waals surface area contributed by atoms with Gasteiger partial charge in [-0.1, -0.05) is 54.6 Å². The first-order valence-electron chi connectivity index (χ1n) is 6.24. The fourth-order valence-corrected chi connectivity index (χ4v) is 2.54. The van der Waals surface area contributed by atoms with Crippen molar-refractivity contribution in [2.24, 2.45) is 0 Å². The van der Waals surface area contributed by atoms with Crippen molar-refractivity contribution >= 4 is 5.97 Å². The summed E-state index contributed by atoms with van der Waals surface area (Å²) in [6.07, 6.45) is -0.625. The first-order valence-corrected chi connectivity index (χ1v) is 6.24. The molecule has 102 valence electrons. The molecule has 0 heterocycles. The summed E-state index contributed by atoms with van der Waals surface area (Å²) in [5.74, 6) is -4.62. The summed E-state index contributed by atoms with van der Waals surface area (Å²) in [7, 11) is 0. The maximum Gasteiger partial charge on any atom is 0.320 e. The van der Waals surface area contributed by atoms with Crippen LogP contribution in [0.5, 0.6) is 0 Å². The molecule has 1 N–H and O–H groups in total. The van der Waals surface area contributed by atoms with Gasteiger partial charge in [0.05, 0.1) is 0 Å². The number of alkyl halides is 2. The summed E-state index contributed by atoms with van der Waals surface area (Å²) < 4.78 is 26.9. The van der Waals surface area contributed by atoms with Crippen molar-refractivity contribution < 1.29 is 18.7 Å². The zero-order valence-corrected chi connectivity index (χ0v) is 10.5. The van der Waals surface area contributed by atoms with E-state index >= 15 is 0 Å². The van der Waals surface area contributed by atoms with Gasteiger partial charge in [0, 0.05) is 6.42 Å². The monoisotopic (exact) mass is 274 g/mol. The normalized spacial score (nSPS) is 23.3. The molecule has 1 fully saturated rings. The number of benzene rings is 2. The molecule has 0 aromatic heterocycles. The van der Waals surface area contributed by atoms with Crippen LogP contribution in [0.25, 0.3) is 11.1 Å². The Balaban J connectivity index is 1.97. The van der Waals surface area contributed by atoms with E-state index in [1.54, 1.807) is 12.1 Å². The van der Waals surface area contributed by atoms with Crippen molar-refractivity contribution in [2.75, 3.05) is 0 Å².